The van der Waals surface area contributed by atoms with Gasteiger partial charge in [-0.15, -0.1) is 0 Å². The highest BCUT2D eigenvalue weighted by molar-refractivity contribution is 5.79. The first-order valence-electron chi connectivity index (χ1n) is 16.9. The normalized spacial score (nSPS) is 13.4. The molecule has 0 radical (unpaired) electrons. The molecule has 2 amide bonds. The lowest BCUT2D eigenvalue weighted by molar-refractivity contribution is -0.136. The minimum atomic E-state index is 0.0614. The first-order valence-corrected chi connectivity index (χ1v) is 16.9. The van der Waals surface area contributed by atoms with Crippen molar-refractivity contribution in [3.05, 3.63) is 119 Å². The minimum Gasteiger partial charge on any atom is -0.497 e. The van der Waals surface area contributed by atoms with Crippen LogP contribution in [0.5, 0.6) is 23.0 Å². The van der Waals surface area contributed by atoms with Crippen LogP contribution in [0.3, 0.4) is 0 Å². The Balaban J connectivity index is 1.19. The van der Waals surface area contributed by atoms with E-state index in [1.165, 1.54) is 0 Å². The fourth-order valence-corrected chi connectivity index (χ4v) is 5.96. The summed E-state index contributed by atoms with van der Waals surface area (Å²) >= 11 is 0. The number of benzene rings is 4. The largest absolute Gasteiger partial charge is 0.497 e. The Morgan fingerprint density at radius 2 is 0.660 bits per heavy atom. The SMILES string of the molecule is COc1ccc(CN(Cc2ccc(OC)cc2)C(=O)CN2CCN(CC(=O)N(Cc3ccc(OC)cc3)Cc3ccc(OC)cc3)CC2)cc1. The Hall–Kier alpha value is -5.06. The zero-order chi connectivity index (χ0) is 35.3. The monoisotopic (exact) mass is 680 g/mol. The summed E-state index contributed by atoms with van der Waals surface area (Å²) in [6, 6.07) is 31.3. The molecule has 0 N–H and O–H groups in total. The molecule has 5 rings (SSSR count). The van der Waals surface area contributed by atoms with Crippen LogP contribution in [0.4, 0.5) is 0 Å². The Morgan fingerprint density at radius 1 is 0.440 bits per heavy atom. The Labute approximate surface area is 295 Å². The van der Waals surface area contributed by atoms with Gasteiger partial charge < -0.3 is 28.7 Å². The lowest BCUT2D eigenvalue weighted by Crippen LogP contribution is -2.52. The third-order valence-corrected chi connectivity index (χ3v) is 9.02. The highest BCUT2D eigenvalue weighted by Crippen LogP contribution is 2.20. The number of carbonyl (C=O) groups is 2. The molecule has 0 saturated carbocycles. The van der Waals surface area contributed by atoms with Gasteiger partial charge in [0.2, 0.25) is 11.8 Å². The maximum atomic E-state index is 13.8. The molecule has 1 heterocycles. The molecule has 0 aliphatic carbocycles. The summed E-state index contributed by atoms with van der Waals surface area (Å²) in [4.78, 5) is 35.7. The molecule has 10 heteroatoms. The van der Waals surface area contributed by atoms with E-state index in [1.807, 2.05) is 107 Å². The molecular formula is C40H48N4O6. The number of carbonyl (C=O) groups excluding carboxylic acids is 2. The number of ether oxygens (including phenoxy) is 4. The second-order valence-corrected chi connectivity index (χ2v) is 12.4. The quantitative estimate of drug-likeness (QED) is 0.162. The van der Waals surface area contributed by atoms with Crippen LogP contribution in [-0.2, 0) is 35.8 Å². The molecular weight excluding hydrogens is 632 g/mol. The zero-order valence-corrected chi connectivity index (χ0v) is 29.5. The first kappa shape index (κ1) is 36.2. The third-order valence-electron chi connectivity index (χ3n) is 9.02. The smallest absolute Gasteiger partial charge is 0.237 e. The molecule has 0 spiro atoms. The molecule has 0 bridgehead atoms. The van der Waals surface area contributed by atoms with Crippen LogP contribution in [0.15, 0.2) is 97.1 Å². The number of methoxy groups -OCH3 is 4. The van der Waals surface area contributed by atoms with Gasteiger partial charge in [0.25, 0.3) is 0 Å². The summed E-state index contributed by atoms with van der Waals surface area (Å²) in [5.74, 6) is 3.24. The van der Waals surface area contributed by atoms with Crippen LogP contribution in [0, 0.1) is 0 Å². The molecule has 0 unspecified atom stereocenters. The summed E-state index contributed by atoms with van der Waals surface area (Å²) in [6.07, 6.45) is 0. The summed E-state index contributed by atoms with van der Waals surface area (Å²) < 4.78 is 21.3. The van der Waals surface area contributed by atoms with Crippen molar-refractivity contribution in [3.8, 4) is 23.0 Å². The van der Waals surface area contributed by atoms with Crippen molar-refractivity contribution in [2.75, 3.05) is 67.7 Å². The molecule has 264 valence electrons. The van der Waals surface area contributed by atoms with Crippen molar-refractivity contribution in [2.45, 2.75) is 26.2 Å². The Kier molecular flexibility index (Phi) is 13.1. The highest BCUT2D eigenvalue weighted by Gasteiger charge is 2.25. The van der Waals surface area contributed by atoms with Crippen LogP contribution in [0.2, 0.25) is 0 Å². The van der Waals surface area contributed by atoms with E-state index in [4.69, 9.17) is 18.9 Å². The molecule has 0 aromatic heterocycles. The van der Waals surface area contributed by atoms with Crippen molar-refractivity contribution >= 4 is 11.8 Å². The van der Waals surface area contributed by atoms with Crippen LogP contribution < -0.4 is 18.9 Å². The van der Waals surface area contributed by atoms with Crippen molar-refractivity contribution < 1.29 is 28.5 Å². The standard InChI is InChI=1S/C40H48N4O6/c1-47-35-13-5-31(6-14-35)25-43(26-32-7-15-36(48-2)16-8-32)39(45)29-41-21-23-42(24-22-41)30-40(46)44(27-33-9-17-37(49-3)18-10-33)28-34-11-19-38(50-4)20-12-34/h5-20H,21-30H2,1-4H3. The molecule has 1 saturated heterocycles. The van der Waals surface area contributed by atoms with Gasteiger partial charge in [-0.05, 0) is 70.8 Å². The topological polar surface area (TPSA) is 84.0 Å². The highest BCUT2D eigenvalue weighted by atomic mass is 16.5. The van der Waals surface area contributed by atoms with Gasteiger partial charge in [0.05, 0.1) is 41.5 Å². The maximum Gasteiger partial charge on any atom is 0.237 e. The molecule has 4 aromatic carbocycles. The average molecular weight is 681 g/mol. The number of hydrogen-bond acceptors (Lipinski definition) is 8. The predicted molar refractivity (Wildman–Crippen MR) is 193 cm³/mol. The van der Waals surface area contributed by atoms with E-state index in [0.717, 1.165) is 45.3 Å². The molecule has 1 aliphatic rings. The summed E-state index contributed by atoms with van der Waals surface area (Å²) in [6.45, 7) is 5.39. The fourth-order valence-electron chi connectivity index (χ4n) is 5.96. The lowest BCUT2D eigenvalue weighted by Gasteiger charge is -2.36. The van der Waals surface area contributed by atoms with Gasteiger partial charge in [-0.2, -0.15) is 0 Å². The predicted octanol–water partition coefficient (Wildman–Crippen LogP) is 5.10. The third kappa shape index (κ3) is 10.5. The van der Waals surface area contributed by atoms with Gasteiger partial charge in [-0.1, -0.05) is 48.5 Å². The van der Waals surface area contributed by atoms with Crippen molar-refractivity contribution in [1.29, 1.82) is 0 Å². The number of hydrogen-bond donors (Lipinski definition) is 0. The first-order chi connectivity index (χ1) is 24.3. The molecule has 1 fully saturated rings. The van der Waals surface area contributed by atoms with Gasteiger partial charge in [-0.3, -0.25) is 19.4 Å². The van der Waals surface area contributed by atoms with Gasteiger partial charge in [0.1, 0.15) is 23.0 Å². The molecule has 4 aromatic rings. The van der Waals surface area contributed by atoms with Gasteiger partial charge >= 0.3 is 0 Å². The van der Waals surface area contributed by atoms with Crippen LogP contribution in [-0.4, -0.2) is 99.1 Å². The van der Waals surface area contributed by atoms with Crippen molar-refractivity contribution in [2.24, 2.45) is 0 Å². The minimum absolute atomic E-state index is 0.0614. The van der Waals surface area contributed by atoms with E-state index in [2.05, 4.69) is 9.80 Å². The van der Waals surface area contributed by atoms with E-state index in [-0.39, 0.29) is 11.8 Å². The number of piperazine rings is 1. The van der Waals surface area contributed by atoms with E-state index < -0.39 is 0 Å². The Bertz CT molecular complexity index is 1410. The van der Waals surface area contributed by atoms with E-state index in [9.17, 15) is 9.59 Å². The molecule has 10 nitrogen and oxygen atoms in total. The van der Waals surface area contributed by atoms with Crippen molar-refractivity contribution in [1.82, 2.24) is 19.6 Å². The second kappa shape index (κ2) is 18.1. The van der Waals surface area contributed by atoms with Gasteiger partial charge in [0.15, 0.2) is 0 Å². The summed E-state index contributed by atoms with van der Waals surface area (Å²) in [5.41, 5.74) is 4.13. The number of nitrogens with zero attached hydrogens (tertiary/aromatic N) is 4. The van der Waals surface area contributed by atoms with Gasteiger partial charge in [-0.25, -0.2) is 0 Å². The Morgan fingerprint density at radius 3 is 0.860 bits per heavy atom. The molecule has 1 aliphatic heterocycles. The van der Waals surface area contributed by atoms with E-state index >= 15 is 0 Å². The average Bonchev–Trinajstić information content (AvgIpc) is 3.16. The fraction of sp³-hybridized carbons (Fsp3) is 0.350. The van der Waals surface area contributed by atoms with Gasteiger partial charge in [0, 0.05) is 52.4 Å². The summed E-state index contributed by atoms with van der Waals surface area (Å²) in [7, 11) is 6.58. The summed E-state index contributed by atoms with van der Waals surface area (Å²) in [5, 5.41) is 0. The van der Waals surface area contributed by atoms with E-state index in [0.29, 0.717) is 65.4 Å². The number of rotatable bonds is 16. The number of amides is 2. The molecule has 0 atom stereocenters. The van der Waals surface area contributed by atoms with Crippen LogP contribution in [0.25, 0.3) is 0 Å². The zero-order valence-electron chi connectivity index (χ0n) is 29.5. The van der Waals surface area contributed by atoms with Crippen LogP contribution in [0.1, 0.15) is 22.3 Å². The molecule has 50 heavy (non-hydrogen) atoms. The second-order valence-electron chi connectivity index (χ2n) is 12.4. The maximum absolute atomic E-state index is 13.8. The van der Waals surface area contributed by atoms with E-state index in [1.54, 1.807) is 28.4 Å². The van der Waals surface area contributed by atoms with Crippen LogP contribution >= 0.6 is 0 Å². The van der Waals surface area contributed by atoms with Crippen molar-refractivity contribution in [3.63, 3.8) is 0 Å². The lowest BCUT2D eigenvalue weighted by atomic mass is 10.1.